The number of alkyl halides is 5. The molecule has 98 valence electrons. The number of aromatic nitrogens is 1. The number of ether oxygens (including phenoxy) is 1. The van der Waals surface area contributed by atoms with Crippen LogP contribution >= 0.6 is 0 Å². The molecule has 0 aliphatic heterocycles. The van der Waals surface area contributed by atoms with E-state index >= 15 is 0 Å². The molecule has 0 saturated carbocycles. The fourth-order valence-corrected chi connectivity index (χ4v) is 1.09. The minimum absolute atomic E-state index is 0.349. The highest BCUT2D eigenvalue weighted by atomic mass is 19.4. The van der Waals surface area contributed by atoms with Crippen molar-refractivity contribution in [2.45, 2.75) is 19.2 Å². The minimum Gasteiger partial charge on any atom is -0.402 e. The van der Waals surface area contributed by atoms with E-state index in [0.717, 1.165) is 0 Å². The second-order valence-electron chi connectivity index (χ2n) is 2.99. The average Bonchev–Trinajstić information content (AvgIpc) is 2.22. The van der Waals surface area contributed by atoms with Gasteiger partial charge in [-0.2, -0.15) is 5.26 Å². The summed E-state index contributed by atoms with van der Waals surface area (Å²) >= 11 is 0. The predicted octanol–water partition coefficient (Wildman–Crippen LogP) is 3.12. The topological polar surface area (TPSA) is 45.9 Å². The molecule has 0 amide bonds. The zero-order valence-corrected chi connectivity index (χ0v) is 8.43. The van der Waals surface area contributed by atoms with Crippen LogP contribution in [0.4, 0.5) is 26.3 Å². The van der Waals surface area contributed by atoms with Gasteiger partial charge < -0.3 is 4.74 Å². The number of hydrogen-bond acceptors (Lipinski definition) is 3. The highest BCUT2D eigenvalue weighted by Gasteiger charge is 2.36. The van der Waals surface area contributed by atoms with E-state index < -0.39 is 42.0 Å². The fraction of sp³-hybridized carbons (Fsp3) is 0.333. The maximum Gasteiger partial charge on any atom is 0.573 e. The van der Waals surface area contributed by atoms with E-state index in [1.807, 2.05) is 0 Å². The Balaban J connectivity index is 3.32. The lowest BCUT2D eigenvalue weighted by Crippen LogP contribution is -2.20. The van der Waals surface area contributed by atoms with Gasteiger partial charge in [0.15, 0.2) is 11.6 Å². The normalized spacial score (nSPS) is 11.4. The van der Waals surface area contributed by atoms with Crippen molar-refractivity contribution < 1.29 is 31.1 Å². The van der Waals surface area contributed by atoms with Crippen LogP contribution in [-0.2, 0) is 6.42 Å². The Morgan fingerprint density at radius 1 is 1.39 bits per heavy atom. The zero-order chi connectivity index (χ0) is 13.9. The number of rotatable bonds is 3. The van der Waals surface area contributed by atoms with Gasteiger partial charge in [0.2, 0.25) is 0 Å². The summed E-state index contributed by atoms with van der Waals surface area (Å²) in [6.45, 7) is 0. The summed E-state index contributed by atoms with van der Waals surface area (Å²) < 4.78 is 77.3. The number of hydrogen-bond donors (Lipinski definition) is 0. The molecule has 1 heterocycles. The summed E-state index contributed by atoms with van der Waals surface area (Å²) in [6, 6.07) is 1.44. The van der Waals surface area contributed by atoms with E-state index in [9.17, 15) is 26.3 Å². The summed E-state index contributed by atoms with van der Waals surface area (Å²) in [5.74, 6) is -3.37. The summed E-state index contributed by atoms with van der Waals surface area (Å²) in [5.41, 5.74) is -2.02. The van der Waals surface area contributed by atoms with E-state index in [1.54, 1.807) is 0 Å². The number of pyridine rings is 1. The Bertz CT molecular complexity index is 479. The molecule has 0 aliphatic carbocycles. The van der Waals surface area contributed by atoms with Crippen LogP contribution in [0.3, 0.4) is 0 Å². The number of nitriles is 1. The van der Waals surface area contributed by atoms with Gasteiger partial charge in [-0.25, -0.2) is 13.2 Å². The van der Waals surface area contributed by atoms with Crippen molar-refractivity contribution in [1.29, 1.82) is 5.26 Å². The molecule has 1 aromatic rings. The van der Waals surface area contributed by atoms with E-state index in [4.69, 9.17) is 5.26 Å². The van der Waals surface area contributed by atoms with Gasteiger partial charge in [-0.05, 0) is 0 Å². The van der Waals surface area contributed by atoms with E-state index in [1.165, 1.54) is 6.07 Å². The smallest absolute Gasteiger partial charge is 0.402 e. The molecule has 0 N–H and O–H groups in total. The van der Waals surface area contributed by atoms with Crippen molar-refractivity contribution in [3.8, 4) is 11.8 Å². The Labute approximate surface area is 96.6 Å². The van der Waals surface area contributed by atoms with Crippen LogP contribution in [0.1, 0.15) is 17.7 Å². The molecule has 1 aromatic heterocycles. The standard InChI is InChI=1S/C9H4F6N2O/c10-6-5(1-2-16)17-3-4(8(11)12)7(6)18-9(13,14)15/h3,8H,1H2. The van der Waals surface area contributed by atoms with Crippen LogP contribution in [0.2, 0.25) is 0 Å². The summed E-state index contributed by atoms with van der Waals surface area (Å²) in [5, 5.41) is 8.28. The third-order valence-electron chi connectivity index (χ3n) is 1.77. The Morgan fingerprint density at radius 2 is 2.00 bits per heavy atom. The molecule has 0 unspecified atom stereocenters. The van der Waals surface area contributed by atoms with Gasteiger partial charge in [0.25, 0.3) is 6.43 Å². The third-order valence-corrected chi connectivity index (χ3v) is 1.77. The van der Waals surface area contributed by atoms with Crippen molar-refractivity contribution in [2.24, 2.45) is 0 Å². The quantitative estimate of drug-likeness (QED) is 0.793. The lowest BCUT2D eigenvalue weighted by atomic mass is 10.2. The molecule has 0 bridgehead atoms. The SMILES string of the molecule is N#CCc1ncc(C(F)F)c(OC(F)(F)F)c1F. The Hall–Kier alpha value is -1.98. The highest BCUT2D eigenvalue weighted by molar-refractivity contribution is 5.37. The van der Waals surface area contributed by atoms with E-state index in [0.29, 0.717) is 6.20 Å². The molecule has 0 aliphatic rings. The molecule has 0 fully saturated rings. The van der Waals surface area contributed by atoms with Crippen LogP contribution in [0.15, 0.2) is 6.20 Å². The molecule has 0 radical (unpaired) electrons. The first-order valence-corrected chi connectivity index (χ1v) is 4.34. The Morgan fingerprint density at radius 3 is 2.44 bits per heavy atom. The van der Waals surface area contributed by atoms with Crippen molar-refractivity contribution in [2.75, 3.05) is 0 Å². The van der Waals surface area contributed by atoms with Crippen molar-refractivity contribution in [3.05, 3.63) is 23.3 Å². The minimum atomic E-state index is -5.32. The summed E-state index contributed by atoms with van der Waals surface area (Å²) in [7, 11) is 0. The molecule has 0 aromatic carbocycles. The highest BCUT2D eigenvalue weighted by Crippen LogP contribution is 2.35. The van der Waals surface area contributed by atoms with Gasteiger partial charge in [0, 0.05) is 6.20 Å². The maximum atomic E-state index is 13.4. The van der Waals surface area contributed by atoms with Gasteiger partial charge in [0.05, 0.1) is 23.7 Å². The van der Waals surface area contributed by atoms with Crippen molar-refractivity contribution >= 4 is 0 Å². The molecule has 0 spiro atoms. The molecule has 9 heteroatoms. The maximum absolute atomic E-state index is 13.4. The van der Waals surface area contributed by atoms with Crippen LogP contribution in [0, 0.1) is 17.1 Å². The summed E-state index contributed by atoms with van der Waals surface area (Å²) in [6.07, 6.45) is -9.03. The van der Waals surface area contributed by atoms with Gasteiger partial charge >= 0.3 is 6.36 Å². The van der Waals surface area contributed by atoms with Crippen molar-refractivity contribution in [3.63, 3.8) is 0 Å². The van der Waals surface area contributed by atoms with Gasteiger partial charge in [0.1, 0.15) is 0 Å². The second-order valence-corrected chi connectivity index (χ2v) is 2.99. The summed E-state index contributed by atoms with van der Waals surface area (Å²) in [4.78, 5) is 3.16. The average molecular weight is 270 g/mol. The Kier molecular flexibility index (Phi) is 4.00. The van der Waals surface area contributed by atoms with E-state index in [2.05, 4.69) is 9.72 Å². The van der Waals surface area contributed by atoms with Gasteiger partial charge in [-0.1, -0.05) is 0 Å². The molecular weight excluding hydrogens is 266 g/mol. The zero-order valence-electron chi connectivity index (χ0n) is 8.43. The first-order chi connectivity index (χ1) is 8.26. The lowest BCUT2D eigenvalue weighted by molar-refractivity contribution is -0.276. The lowest BCUT2D eigenvalue weighted by Gasteiger charge is -2.14. The fourth-order valence-electron chi connectivity index (χ4n) is 1.09. The van der Waals surface area contributed by atoms with Crippen LogP contribution in [0.25, 0.3) is 0 Å². The molecular formula is C9H4F6N2O. The van der Waals surface area contributed by atoms with Gasteiger partial charge in [-0.15, -0.1) is 13.2 Å². The van der Waals surface area contributed by atoms with Crippen LogP contribution in [0.5, 0.6) is 5.75 Å². The second kappa shape index (κ2) is 5.12. The van der Waals surface area contributed by atoms with Crippen LogP contribution in [-0.4, -0.2) is 11.3 Å². The molecule has 18 heavy (non-hydrogen) atoms. The van der Waals surface area contributed by atoms with Crippen LogP contribution < -0.4 is 4.74 Å². The largest absolute Gasteiger partial charge is 0.573 e. The predicted molar refractivity (Wildman–Crippen MR) is 45.2 cm³/mol. The molecule has 1 rings (SSSR count). The molecule has 3 nitrogen and oxygen atoms in total. The first-order valence-electron chi connectivity index (χ1n) is 4.34. The molecule has 0 saturated heterocycles. The molecule has 0 atom stereocenters. The van der Waals surface area contributed by atoms with Crippen molar-refractivity contribution in [1.82, 2.24) is 4.98 Å². The monoisotopic (exact) mass is 270 g/mol. The van der Waals surface area contributed by atoms with E-state index in [-0.39, 0.29) is 0 Å². The third kappa shape index (κ3) is 3.26. The number of halogens is 6. The number of nitrogens with zero attached hydrogens (tertiary/aromatic N) is 2. The first kappa shape index (κ1) is 14.1. The van der Waals surface area contributed by atoms with Gasteiger partial charge in [-0.3, -0.25) is 4.98 Å².